The van der Waals surface area contributed by atoms with Crippen LogP contribution in [0.3, 0.4) is 0 Å². The summed E-state index contributed by atoms with van der Waals surface area (Å²) in [6, 6.07) is 13.0. The summed E-state index contributed by atoms with van der Waals surface area (Å²) < 4.78 is 0. The van der Waals surface area contributed by atoms with Gasteiger partial charge in [0.05, 0.1) is 16.6 Å². The van der Waals surface area contributed by atoms with Crippen molar-refractivity contribution in [2.45, 2.75) is 20.3 Å². The summed E-state index contributed by atoms with van der Waals surface area (Å²) in [5, 5.41) is 3.30. The van der Waals surface area contributed by atoms with E-state index in [0.29, 0.717) is 17.3 Å². The van der Waals surface area contributed by atoms with Gasteiger partial charge in [-0.3, -0.25) is 9.59 Å². The van der Waals surface area contributed by atoms with Crippen LogP contribution in [0.25, 0.3) is 0 Å². The maximum absolute atomic E-state index is 12.5. The Balaban J connectivity index is 1.73. The zero-order valence-corrected chi connectivity index (χ0v) is 14.4. The third-order valence-corrected chi connectivity index (χ3v) is 4.76. The molecule has 2 aromatic rings. The topological polar surface area (TPSA) is 49.4 Å². The molecule has 0 aliphatic carbocycles. The number of rotatable bonds is 3. The lowest BCUT2D eigenvalue weighted by molar-refractivity contribution is -0.122. The normalized spacial score (nSPS) is 17.2. The fraction of sp³-hybridized carbons (Fsp3) is 0.263. The minimum atomic E-state index is -0.379. The smallest absolute Gasteiger partial charge is 0.229 e. The van der Waals surface area contributed by atoms with Gasteiger partial charge in [-0.15, -0.1) is 0 Å². The molecular weight excluding hydrogens is 324 g/mol. The third-order valence-electron chi connectivity index (χ3n) is 4.43. The highest BCUT2D eigenvalue weighted by molar-refractivity contribution is 6.33. The number of hydrogen-bond donors (Lipinski definition) is 1. The number of anilines is 2. The number of nitrogens with one attached hydrogen (secondary N) is 1. The summed E-state index contributed by atoms with van der Waals surface area (Å²) in [7, 11) is 0. The standard InChI is InChI=1S/C19H19ClN2O2/c1-12-7-8-15(9-13(12)2)22-11-14(10-18(22)23)19(24)21-17-6-4-3-5-16(17)20/h3-9,14H,10-11H2,1-2H3,(H,21,24). The van der Waals surface area contributed by atoms with E-state index in [4.69, 9.17) is 11.6 Å². The lowest BCUT2D eigenvalue weighted by atomic mass is 10.1. The summed E-state index contributed by atoms with van der Waals surface area (Å²) >= 11 is 6.07. The zero-order valence-electron chi connectivity index (χ0n) is 13.7. The van der Waals surface area contributed by atoms with Crippen LogP contribution in [0.4, 0.5) is 11.4 Å². The molecule has 1 fully saturated rings. The number of para-hydroxylation sites is 1. The Morgan fingerprint density at radius 1 is 1.17 bits per heavy atom. The van der Waals surface area contributed by atoms with Gasteiger partial charge in [-0.2, -0.15) is 0 Å². The maximum atomic E-state index is 12.5. The molecule has 0 bridgehead atoms. The molecule has 1 heterocycles. The van der Waals surface area contributed by atoms with Crippen LogP contribution >= 0.6 is 11.6 Å². The van der Waals surface area contributed by atoms with Crippen LogP contribution in [0.5, 0.6) is 0 Å². The van der Waals surface area contributed by atoms with Gasteiger partial charge in [0, 0.05) is 18.7 Å². The Morgan fingerprint density at radius 3 is 2.62 bits per heavy atom. The van der Waals surface area contributed by atoms with Crippen LogP contribution in [0.2, 0.25) is 5.02 Å². The summed E-state index contributed by atoms with van der Waals surface area (Å²) in [5.74, 6) is -0.587. The van der Waals surface area contributed by atoms with Gasteiger partial charge in [0.2, 0.25) is 11.8 Å². The molecule has 0 aromatic heterocycles. The molecule has 2 aromatic carbocycles. The number of carbonyl (C=O) groups excluding carboxylic acids is 2. The van der Waals surface area contributed by atoms with E-state index in [9.17, 15) is 9.59 Å². The molecule has 1 unspecified atom stereocenters. The van der Waals surface area contributed by atoms with Crippen molar-refractivity contribution in [3.8, 4) is 0 Å². The second kappa shape index (κ2) is 6.65. The number of benzene rings is 2. The predicted molar refractivity (Wildman–Crippen MR) is 96.5 cm³/mol. The van der Waals surface area contributed by atoms with Crippen molar-refractivity contribution in [2.24, 2.45) is 5.92 Å². The maximum Gasteiger partial charge on any atom is 0.229 e. The van der Waals surface area contributed by atoms with Gasteiger partial charge >= 0.3 is 0 Å². The van der Waals surface area contributed by atoms with Gasteiger partial charge < -0.3 is 10.2 Å². The highest BCUT2D eigenvalue weighted by Crippen LogP contribution is 2.28. The monoisotopic (exact) mass is 342 g/mol. The van der Waals surface area contributed by atoms with Gasteiger partial charge in [0.1, 0.15) is 0 Å². The van der Waals surface area contributed by atoms with Crippen molar-refractivity contribution in [2.75, 3.05) is 16.8 Å². The molecule has 2 amide bonds. The Morgan fingerprint density at radius 2 is 1.92 bits per heavy atom. The number of aryl methyl sites for hydroxylation is 2. The fourth-order valence-corrected chi connectivity index (χ4v) is 3.01. The molecule has 1 saturated heterocycles. The SMILES string of the molecule is Cc1ccc(N2CC(C(=O)Nc3ccccc3Cl)CC2=O)cc1C. The fourth-order valence-electron chi connectivity index (χ4n) is 2.82. The third kappa shape index (κ3) is 3.29. The molecule has 1 N–H and O–H groups in total. The first-order valence-corrected chi connectivity index (χ1v) is 8.26. The first-order chi connectivity index (χ1) is 11.5. The van der Waals surface area contributed by atoms with E-state index in [1.807, 2.05) is 38.1 Å². The van der Waals surface area contributed by atoms with Gasteiger partial charge in [-0.1, -0.05) is 29.8 Å². The van der Waals surface area contributed by atoms with Crippen LogP contribution in [-0.2, 0) is 9.59 Å². The molecule has 4 nitrogen and oxygen atoms in total. The molecule has 1 aliphatic rings. The van der Waals surface area contributed by atoms with Gasteiger partial charge in [-0.25, -0.2) is 0 Å². The predicted octanol–water partition coefficient (Wildman–Crippen LogP) is 3.95. The lowest BCUT2D eigenvalue weighted by Gasteiger charge is -2.18. The Hall–Kier alpha value is -2.33. The largest absolute Gasteiger partial charge is 0.324 e. The molecule has 1 aliphatic heterocycles. The summed E-state index contributed by atoms with van der Waals surface area (Å²) in [6.45, 7) is 4.43. The summed E-state index contributed by atoms with van der Waals surface area (Å²) in [6.07, 6.45) is 0.212. The number of amides is 2. The molecule has 24 heavy (non-hydrogen) atoms. The van der Waals surface area contributed by atoms with Crippen molar-refractivity contribution < 1.29 is 9.59 Å². The lowest BCUT2D eigenvalue weighted by Crippen LogP contribution is -2.28. The minimum Gasteiger partial charge on any atom is -0.324 e. The summed E-state index contributed by atoms with van der Waals surface area (Å²) in [4.78, 5) is 26.5. The van der Waals surface area contributed by atoms with E-state index in [0.717, 1.165) is 11.3 Å². The van der Waals surface area contributed by atoms with E-state index in [1.54, 1.807) is 23.1 Å². The first kappa shape index (κ1) is 16.5. The van der Waals surface area contributed by atoms with Crippen molar-refractivity contribution in [3.63, 3.8) is 0 Å². The second-order valence-corrected chi connectivity index (χ2v) is 6.55. The Labute approximate surface area is 146 Å². The zero-order chi connectivity index (χ0) is 17.3. The van der Waals surface area contributed by atoms with Crippen molar-refractivity contribution in [3.05, 3.63) is 58.6 Å². The Kier molecular flexibility index (Phi) is 4.58. The average molecular weight is 343 g/mol. The Bertz CT molecular complexity index is 804. The van der Waals surface area contributed by atoms with E-state index in [-0.39, 0.29) is 24.2 Å². The molecule has 0 saturated carbocycles. The molecule has 5 heteroatoms. The van der Waals surface area contributed by atoms with Gasteiger partial charge in [0.25, 0.3) is 0 Å². The number of hydrogen-bond acceptors (Lipinski definition) is 2. The highest BCUT2D eigenvalue weighted by atomic mass is 35.5. The van der Waals surface area contributed by atoms with Crippen molar-refractivity contribution in [1.82, 2.24) is 0 Å². The van der Waals surface area contributed by atoms with E-state index < -0.39 is 0 Å². The molecule has 124 valence electrons. The quantitative estimate of drug-likeness (QED) is 0.918. The van der Waals surface area contributed by atoms with Crippen LogP contribution in [0.15, 0.2) is 42.5 Å². The highest BCUT2D eigenvalue weighted by Gasteiger charge is 2.35. The van der Waals surface area contributed by atoms with Gasteiger partial charge in [-0.05, 0) is 49.2 Å². The molecule has 1 atom stereocenters. The van der Waals surface area contributed by atoms with E-state index in [2.05, 4.69) is 5.32 Å². The summed E-state index contributed by atoms with van der Waals surface area (Å²) in [5.41, 5.74) is 3.72. The van der Waals surface area contributed by atoms with E-state index in [1.165, 1.54) is 5.56 Å². The van der Waals surface area contributed by atoms with Crippen LogP contribution < -0.4 is 10.2 Å². The molecule has 0 spiro atoms. The molecule has 0 radical (unpaired) electrons. The minimum absolute atomic E-state index is 0.0300. The van der Waals surface area contributed by atoms with Crippen LogP contribution in [0.1, 0.15) is 17.5 Å². The number of nitrogens with zero attached hydrogens (tertiary/aromatic N) is 1. The average Bonchev–Trinajstić information content (AvgIpc) is 2.94. The van der Waals surface area contributed by atoms with Crippen molar-refractivity contribution >= 4 is 34.8 Å². The van der Waals surface area contributed by atoms with E-state index >= 15 is 0 Å². The van der Waals surface area contributed by atoms with Gasteiger partial charge in [0.15, 0.2) is 0 Å². The van der Waals surface area contributed by atoms with Crippen molar-refractivity contribution in [1.29, 1.82) is 0 Å². The van der Waals surface area contributed by atoms with Crippen LogP contribution in [-0.4, -0.2) is 18.4 Å². The first-order valence-electron chi connectivity index (χ1n) is 7.88. The second-order valence-electron chi connectivity index (χ2n) is 6.14. The molecular formula is C19H19ClN2O2. The number of halogens is 1. The molecule has 3 rings (SSSR count). The number of carbonyl (C=O) groups is 2. The van der Waals surface area contributed by atoms with Crippen LogP contribution in [0, 0.1) is 19.8 Å².